The molecule has 0 spiro atoms. The van der Waals surface area contributed by atoms with E-state index >= 15 is 0 Å². The molecular formula is C26H30N8O2S. The molecule has 1 aromatic carbocycles. The predicted molar refractivity (Wildman–Crippen MR) is 146 cm³/mol. The maximum Gasteiger partial charge on any atom is 0.238 e. The summed E-state index contributed by atoms with van der Waals surface area (Å²) in [7, 11) is -1.81. The first-order valence-electron chi connectivity index (χ1n) is 12.6. The number of hydrogen-bond acceptors (Lipinski definition) is 8. The number of anilines is 4. The number of nitrogens with zero attached hydrogens (tertiary/aromatic N) is 6. The third-order valence-corrected chi connectivity index (χ3v) is 9.19. The second-order valence-electron chi connectivity index (χ2n) is 9.52. The van der Waals surface area contributed by atoms with Crippen LogP contribution in [0, 0.1) is 0 Å². The van der Waals surface area contributed by atoms with E-state index in [1.165, 1.54) is 9.99 Å². The van der Waals surface area contributed by atoms with Gasteiger partial charge in [-0.15, -0.1) is 0 Å². The summed E-state index contributed by atoms with van der Waals surface area (Å²) in [6.45, 7) is 4.45. The van der Waals surface area contributed by atoms with Gasteiger partial charge in [0.2, 0.25) is 16.0 Å². The molecule has 37 heavy (non-hydrogen) atoms. The summed E-state index contributed by atoms with van der Waals surface area (Å²) >= 11 is 0. The fourth-order valence-electron chi connectivity index (χ4n) is 4.70. The normalized spacial score (nSPS) is 16.2. The molecular weight excluding hydrogens is 488 g/mol. The third-order valence-electron chi connectivity index (χ3n) is 6.94. The van der Waals surface area contributed by atoms with Crippen LogP contribution in [-0.4, -0.2) is 66.4 Å². The van der Waals surface area contributed by atoms with Crippen molar-refractivity contribution in [1.82, 2.24) is 24.8 Å². The van der Waals surface area contributed by atoms with Crippen LogP contribution in [0.25, 0.3) is 11.0 Å². The van der Waals surface area contributed by atoms with Gasteiger partial charge in [0.05, 0.1) is 11.8 Å². The van der Waals surface area contributed by atoms with Crippen LogP contribution in [-0.2, 0) is 16.6 Å². The van der Waals surface area contributed by atoms with Crippen LogP contribution >= 0.6 is 0 Å². The zero-order chi connectivity index (χ0) is 25.4. The van der Waals surface area contributed by atoms with Crippen LogP contribution in [0.3, 0.4) is 0 Å². The van der Waals surface area contributed by atoms with Crippen molar-refractivity contribution in [3.05, 3.63) is 66.6 Å². The van der Waals surface area contributed by atoms with Crippen molar-refractivity contribution in [3.8, 4) is 0 Å². The lowest BCUT2D eigenvalue weighted by Crippen LogP contribution is -2.43. The van der Waals surface area contributed by atoms with Crippen molar-refractivity contribution in [2.75, 3.05) is 47.7 Å². The zero-order valence-electron chi connectivity index (χ0n) is 20.7. The Bertz CT molecular complexity index is 1510. The number of benzene rings is 1. The van der Waals surface area contributed by atoms with E-state index in [9.17, 15) is 8.42 Å². The van der Waals surface area contributed by atoms with Gasteiger partial charge in [-0.05, 0) is 49.2 Å². The first-order valence-corrected chi connectivity index (χ1v) is 14.1. The minimum atomic E-state index is -3.39. The average molecular weight is 519 g/mol. The van der Waals surface area contributed by atoms with E-state index in [0.717, 1.165) is 48.5 Å². The van der Waals surface area contributed by atoms with Gasteiger partial charge in [0, 0.05) is 74.1 Å². The van der Waals surface area contributed by atoms with Crippen LogP contribution in [0.15, 0.2) is 61.1 Å². The molecule has 6 rings (SSSR count). The SMILES string of the molecule is CN(c1ncccc1Cn1ccc2cnc(Nc3ccc(N4CCNCC4)cc3)nc21)S(=O)(=O)C1CC1. The fraction of sp³-hybridized carbons (Fsp3) is 0.346. The number of piperazine rings is 1. The molecule has 4 heterocycles. The van der Waals surface area contributed by atoms with Crippen LogP contribution in [0.4, 0.5) is 23.1 Å². The molecule has 3 aromatic heterocycles. The molecule has 0 unspecified atom stereocenters. The molecule has 1 aliphatic heterocycles. The number of sulfonamides is 1. The minimum Gasteiger partial charge on any atom is -0.369 e. The van der Waals surface area contributed by atoms with Crippen LogP contribution in [0.2, 0.25) is 0 Å². The Hall–Kier alpha value is -3.70. The van der Waals surface area contributed by atoms with Gasteiger partial charge in [-0.2, -0.15) is 4.98 Å². The summed E-state index contributed by atoms with van der Waals surface area (Å²) in [6, 6.07) is 14.0. The Kier molecular flexibility index (Phi) is 6.17. The second-order valence-corrected chi connectivity index (χ2v) is 11.8. The monoisotopic (exact) mass is 518 g/mol. The molecule has 10 nitrogen and oxygen atoms in total. The van der Waals surface area contributed by atoms with Gasteiger partial charge in [0.15, 0.2) is 0 Å². The highest BCUT2D eigenvalue weighted by Crippen LogP contribution is 2.33. The van der Waals surface area contributed by atoms with Crippen molar-refractivity contribution in [3.63, 3.8) is 0 Å². The molecule has 0 amide bonds. The van der Waals surface area contributed by atoms with E-state index < -0.39 is 10.0 Å². The van der Waals surface area contributed by atoms with Crippen molar-refractivity contribution in [1.29, 1.82) is 0 Å². The Morgan fingerprint density at radius 1 is 1.08 bits per heavy atom. The molecule has 2 aliphatic rings. The quantitative estimate of drug-likeness (QED) is 0.367. The topological polar surface area (TPSA) is 108 Å². The molecule has 0 bridgehead atoms. The summed E-state index contributed by atoms with van der Waals surface area (Å²) in [4.78, 5) is 16.0. The largest absolute Gasteiger partial charge is 0.369 e. The second kappa shape index (κ2) is 9.64. The molecule has 11 heteroatoms. The van der Waals surface area contributed by atoms with Gasteiger partial charge in [-0.1, -0.05) is 6.07 Å². The highest BCUT2D eigenvalue weighted by molar-refractivity contribution is 7.93. The average Bonchev–Trinajstić information content (AvgIpc) is 3.73. The van der Waals surface area contributed by atoms with Gasteiger partial charge in [0.1, 0.15) is 11.5 Å². The molecule has 1 aliphatic carbocycles. The van der Waals surface area contributed by atoms with Crippen molar-refractivity contribution in [2.45, 2.75) is 24.6 Å². The van der Waals surface area contributed by atoms with E-state index in [1.54, 1.807) is 19.4 Å². The Morgan fingerprint density at radius 2 is 1.86 bits per heavy atom. The van der Waals surface area contributed by atoms with E-state index in [1.807, 2.05) is 41.1 Å². The van der Waals surface area contributed by atoms with Gasteiger partial charge in [-0.25, -0.2) is 18.4 Å². The number of pyridine rings is 1. The lowest BCUT2D eigenvalue weighted by molar-refractivity contribution is 0.589. The standard InChI is InChI=1S/C26H30N8O2S/c1-32(37(35,36)23-8-9-23)24-20(3-2-11-28-24)18-34-14-10-19-17-29-26(31-25(19)34)30-21-4-6-22(7-5-21)33-15-12-27-13-16-33/h2-7,10-11,14,17,23,27H,8-9,12-13,15-16,18H2,1H3,(H,29,30,31). The van der Waals surface area contributed by atoms with Crippen molar-refractivity contribution in [2.24, 2.45) is 0 Å². The highest BCUT2D eigenvalue weighted by Gasteiger charge is 2.39. The minimum absolute atomic E-state index is 0.299. The van der Waals surface area contributed by atoms with Crippen LogP contribution in [0.1, 0.15) is 18.4 Å². The summed E-state index contributed by atoms with van der Waals surface area (Å²) in [5.74, 6) is 0.954. The van der Waals surface area contributed by atoms with E-state index in [4.69, 9.17) is 4.98 Å². The zero-order valence-corrected chi connectivity index (χ0v) is 21.5. The molecule has 192 valence electrons. The van der Waals surface area contributed by atoms with E-state index in [0.29, 0.717) is 31.2 Å². The number of hydrogen-bond donors (Lipinski definition) is 2. The van der Waals surface area contributed by atoms with Gasteiger partial charge < -0.3 is 20.1 Å². The molecule has 1 saturated carbocycles. The Morgan fingerprint density at radius 3 is 2.62 bits per heavy atom. The van der Waals surface area contributed by atoms with E-state index in [-0.39, 0.29) is 5.25 Å². The molecule has 4 aromatic rings. The van der Waals surface area contributed by atoms with Gasteiger partial charge >= 0.3 is 0 Å². The summed E-state index contributed by atoms with van der Waals surface area (Å²) < 4.78 is 29.0. The number of nitrogens with one attached hydrogen (secondary N) is 2. The summed E-state index contributed by atoms with van der Waals surface area (Å²) in [5.41, 5.74) is 3.69. The maximum atomic E-state index is 12.8. The Labute approximate surface area is 216 Å². The van der Waals surface area contributed by atoms with Crippen LogP contribution in [0.5, 0.6) is 0 Å². The fourth-order valence-corrected chi connectivity index (χ4v) is 6.28. The number of aromatic nitrogens is 4. The van der Waals surface area contributed by atoms with Gasteiger partial charge in [0.25, 0.3) is 0 Å². The van der Waals surface area contributed by atoms with Gasteiger partial charge in [-0.3, -0.25) is 4.31 Å². The van der Waals surface area contributed by atoms with E-state index in [2.05, 4.69) is 37.6 Å². The Balaban J connectivity index is 1.23. The van der Waals surface area contributed by atoms with Crippen molar-refractivity contribution >= 4 is 44.2 Å². The lowest BCUT2D eigenvalue weighted by Gasteiger charge is -2.29. The molecule has 0 atom stereocenters. The number of rotatable bonds is 8. The predicted octanol–water partition coefficient (Wildman–Crippen LogP) is 2.96. The first kappa shape index (κ1) is 23.7. The molecule has 1 saturated heterocycles. The summed E-state index contributed by atoms with van der Waals surface area (Å²) in [5, 5.41) is 7.29. The first-order chi connectivity index (χ1) is 18.0. The maximum absolute atomic E-state index is 12.8. The smallest absolute Gasteiger partial charge is 0.238 e. The molecule has 0 radical (unpaired) electrons. The van der Waals surface area contributed by atoms with Crippen LogP contribution < -0.4 is 19.8 Å². The molecule has 2 N–H and O–H groups in total. The lowest BCUT2D eigenvalue weighted by atomic mass is 10.2. The highest BCUT2D eigenvalue weighted by atomic mass is 32.2. The third kappa shape index (κ3) is 4.84. The van der Waals surface area contributed by atoms with Crippen molar-refractivity contribution < 1.29 is 8.42 Å². The summed E-state index contributed by atoms with van der Waals surface area (Å²) in [6.07, 6.45) is 6.79. The molecule has 2 fully saturated rings. The number of fused-ring (bicyclic) bond motifs is 1.